The summed E-state index contributed by atoms with van der Waals surface area (Å²) in [5, 5.41) is 3.97. The maximum absolute atomic E-state index is 12.1. The monoisotopic (exact) mass is 270 g/mol. The van der Waals surface area contributed by atoms with E-state index in [9.17, 15) is 4.79 Å². The summed E-state index contributed by atoms with van der Waals surface area (Å²) >= 11 is 1.94. The molecule has 2 aliphatic rings. The second kappa shape index (κ2) is 6.29. The van der Waals surface area contributed by atoms with Crippen molar-refractivity contribution in [3.63, 3.8) is 0 Å². The quantitative estimate of drug-likeness (QED) is 0.806. The number of hydrogen-bond acceptors (Lipinski definition) is 3. The minimum atomic E-state index is 0.137. The maximum atomic E-state index is 12.1. The maximum Gasteiger partial charge on any atom is 0.220 e. The van der Waals surface area contributed by atoms with Crippen molar-refractivity contribution >= 4 is 17.7 Å². The molecule has 2 unspecified atom stereocenters. The van der Waals surface area contributed by atoms with Gasteiger partial charge in [0.05, 0.1) is 0 Å². The molecule has 2 saturated carbocycles. The topological polar surface area (TPSA) is 55.1 Å². The van der Waals surface area contributed by atoms with Crippen molar-refractivity contribution in [3.8, 4) is 0 Å². The van der Waals surface area contributed by atoms with Crippen LogP contribution >= 0.6 is 11.8 Å². The zero-order valence-corrected chi connectivity index (χ0v) is 12.2. The van der Waals surface area contributed by atoms with Crippen molar-refractivity contribution in [3.05, 3.63) is 0 Å². The van der Waals surface area contributed by atoms with Gasteiger partial charge in [-0.15, -0.1) is 0 Å². The summed E-state index contributed by atoms with van der Waals surface area (Å²) in [7, 11) is 0. The first kappa shape index (κ1) is 14.2. The van der Waals surface area contributed by atoms with Gasteiger partial charge in [0.15, 0.2) is 0 Å². The Balaban J connectivity index is 1.76. The van der Waals surface area contributed by atoms with Crippen LogP contribution in [0, 0.1) is 5.41 Å². The molecule has 2 aliphatic carbocycles. The fraction of sp³-hybridized carbons (Fsp3) is 0.929. The fourth-order valence-corrected chi connectivity index (χ4v) is 4.07. The number of carbonyl (C=O) groups excluding carboxylic acids is 1. The Morgan fingerprint density at radius 3 is 2.72 bits per heavy atom. The van der Waals surface area contributed by atoms with Crippen LogP contribution in [0.1, 0.15) is 51.4 Å². The van der Waals surface area contributed by atoms with Crippen LogP contribution in [0.5, 0.6) is 0 Å². The number of thioether (sulfide) groups is 1. The molecule has 18 heavy (non-hydrogen) atoms. The van der Waals surface area contributed by atoms with Crippen LogP contribution in [-0.4, -0.2) is 30.0 Å². The molecule has 0 heterocycles. The van der Waals surface area contributed by atoms with Crippen LogP contribution in [0.15, 0.2) is 0 Å². The second-order valence-corrected chi connectivity index (χ2v) is 7.16. The summed E-state index contributed by atoms with van der Waals surface area (Å²) in [6, 6.07) is 0.401. The van der Waals surface area contributed by atoms with Crippen LogP contribution in [0.2, 0.25) is 0 Å². The molecule has 0 aromatic rings. The molecule has 3 nitrogen and oxygen atoms in total. The van der Waals surface area contributed by atoms with E-state index >= 15 is 0 Å². The second-order valence-electron chi connectivity index (χ2n) is 6.02. The van der Waals surface area contributed by atoms with Crippen LogP contribution in [0.25, 0.3) is 0 Å². The first-order valence-electron chi connectivity index (χ1n) is 7.20. The molecule has 0 spiro atoms. The molecular weight excluding hydrogens is 244 g/mol. The third kappa shape index (κ3) is 3.41. The predicted molar refractivity (Wildman–Crippen MR) is 77.7 cm³/mol. The summed E-state index contributed by atoms with van der Waals surface area (Å²) in [5.41, 5.74) is 5.95. The van der Waals surface area contributed by atoms with Gasteiger partial charge in [-0.05, 0) is 50.3 Å². The average molecular weight is 270 g/mol. The number of hydrogen-bond donors (Lipinski definition) is 2. The molecule has 0 bridgehead atoms. The van der Waals surface area contributed by atoms with Crippen LogP contribution in [-0.2, 0) is 4.79 Å². The molecule has 104 valence electrons. The zero-order valence-electron chi connectivity index (χ0n) is 11.4. The van der Waals surface area contributed by atoms with E-state index in [4.69, 9.17) is 5.73 Å². The van der Waals surface area contributed by atoms with Crippen molar-refractivity contribution in [1.82, 2.24) is 5.32 Å². The van der Waals surface area contributed by atoms with Gasteiger partial charge < -0.3 is 11.1 Å². The SMILES string of the molecule is CSC1CCCC(NC(=O)CC2(CN)CCC2)C1. The molecule has 0 aromatic carbocycles. The van der Waals surface area contributed by atoms with Crippen molar-refractivity contribution in [1.29, 1.82) is 0 Å². The van der Waals surface area contributed by atoms with E-state index in [0.29, 0.717) is 19.0 Å². The molecule has 0 saturated heterocycles. The van der Waals surface area contributed by atoms with Crippen molar-refractivity contribution in [2.75, 3.05) is 12.8 Å². The summed E-state index contributed by atoms with van der Waals surface area (Å²) in [5.74, 6) is 0.229. The number of rotatable bonds is 5. The van der Waals surface area contributed by atoms with E-state index < -0.39 is 0 Å². The van der Waals surface area contributed by atoms with Gasteiger partial charge in [0.25, 0.3) is 0 Å². The van der Waals surface area contributed by atoms with E-state index in [1.54, 1.807) is 0 Å². The number of nitrogens with one attached hydrogen (secondary N) is 1. The highest BCUT2D eigenvalue weighted by atomic mass is 32.2. The first-order chi connectivity index (χ1) is 8.67. The first-order valence-corrected chi connectivity index (χ1v) is 8.48. The van der Waals surface area contributed by atoms with E-state index in [-0.39, 0.29) is 11.3 Å². The van der Waals surface area contributed by atoms with Crippen molar-refractivity contribution in [2.45, 2.75) is 62.7 Å². The fourth-order valence-electron chi connectivity index (χ4n) is 3.24. The lowest BCUT2D eigenvalue weighted by Gasteiger charge is -2.41. The Morgan fingerprint density at radius 2 is 2.17 bits per heavy atom. The molecule has 4 heteroatoms. The van der Waals surface area contributed by atoms with Gasteiger partial charge >= 0.3 is 0 Å². The Hall–Kier alpha value is -0.220. The lowest BCUT2D eigenvalue weighted by atomic mass is 9.66. The van der Waals surface area contributed by atoms with Crippen molar-refractivity contribution < 1.29 is 4.79 Å². The Morgan fingerprint density at radius 1 is 1.39 bits per heavy atom. The van der Waals surface area contributed by atoms with E-state index in [1.807, 2.05) is 11.8 Å². The number of carbonyl (C=O) groups is 1. The molecule has 1 amide bonds. The highest BCUT2D eigenvalue weighted by Gasteiger charge is 2.38. The number of amides is 1. The summed E-state index contributed by atoms with van der Waals surface area (Å²) in [4.78, 5) is 12.1. The zero-order chi connectivity index (χ0) is 13.0. The summed E-state index contributed by atoms with van der Waals surface area (Å²) < 4.78 is 0. The average Bonchev–Trinajstić information content (AvgIpc) is 2.34. The van der Waals surface area contributed by atoms with Gasteiger partial charge in [0, 0.05) is 17.7 Å². The third-order valence-corrected chi connectivity index (χ3v) is 5.80. The van der Waals surface area contributed by atoms with Crippen LogP contribution in [0.4, 0.5) is 0 Å². The molecule has 3 N–H and O–H groups in total. The van der Waals surface area contributed by atoms with Gasteiger partial charge in [-0.2, -0.15) is 11.8 Å². The van der Waals surface area contributed by atoms with Gasteiger partial charge in [-0.1, -0.05) is 12.8 Å². The van der Waals surface area contributed by atoms with Crippen molar-refractivity contribution in [2.24, 2.45) is 11.1 Å². The molecule has 0 aromatic heterocycles. The predicted octanol–water partition coefficient (Wildman–Crippen LogP) is 2.30. The van der Waals surface area contributed by atoms with E-state index in [1.165, 1.54) is 19.3 Å². The molecular formula is C14H26N2OS. The smallest absolute Gasteiger partial charge is 0.220 e. The molecule has 2 fully saturated rings. The van der Waals surface area contributed by atoms with E-state index in [2.05, 4.69) is 11.6 Å². The highest BCUT2D eigenvalue weighted by molar-refractivity contribution is 7.99. The minimum Gasteiger partial charge on any atom is -0.353 e. The molecule has 0 aliphatic heterocycles. The minimum absolute atomic E-state index is 0.137. The largest absolute Gasteiger partial charge is 0.353 e. The third-order valence-electron chi connectivity index (χ3n) is 4.71. The van der Waals surface area contributed by atoms with Gasteiger partial charge in [-0.25, -0.2) is 0 Å². The molecule has 2 rings (SSSR count). The summed E-state index contributed by atoms with van der Waals surface area (Å²) in [6.07, 6.45) is 11.2. The lowest BCUT2D eigenvalue weighted by molar-refractivity contribution is -0.125. The van der Waals surface area contributed by atoms with Crippen LogP contribution < -0.4 is 11.1 Å². The molecule has 2 atom stereocenters. The van der Waals surface area contributed by atoms with Gasteiger partial charge in [-0.3, -0.25) is 4.79 Å². The van der Waals surface area contributed by atoms with Crippen LogP contribution in [0.3, 0.4) is 0 Å². The van der Waals surface area contributed by atoms with Gasteiger partial charge in [0.1, 0.15) is 0 Å². The Kier molecular flexibility index (Phi) is 4.96. The molecule has 0 radical (unpaired) electrons. The standard InChI is InChI=1S/C14H26N2OS/c1-18-12-5-2-4-11(8-12)16-13(17)9-14(10-15)6-3-7-14/h11-12H,2-10,15H2,1H3,(H,16,17). The Labute approximate surface area is 115 Å². The number of nitrogens with two attached hydrogens (primary N) is 1. The Bertz CT molecular complexity index is 286. The van der Waals surface area contributed by atoms with Gasteiger partial charge in [0.2, 0.25) is 5.91 Å². The lowest BCUT2D eigenvalue weighted by Crippen LogP contribution is -2.45. The normalized spacial score (nSPS) is 30.6. The van der Waals surface area contributed by atoms with E-state index in [0.717, 1.165) is 30.9 Å². The summed E-state index contributed by atoms with van der Waals surface area (Å²) in [6.45, 7) is 0.665. The highest BCUT2D eigenvalue weighted by Crippen LogP contribution is 2.42.